The number of halogens is 2. The van der Waals surface area contributed by atoms with Crippen molar-refractivity contribution < 1.29 is 0 Å². The smallest absolute Gasteiger partial charge is 0.0603 e. The van der Waals surface area contributed by atoms with Gasteiger partial charge in [-0.3, -0.25) is 4.98 Å². The Labute approximate surface area is 133 Å². The highest BCUT2D eigenvalue weighted by atomic mass is 35.5. The van der Waals surface area contributed by atoms with Crippen molar-refractivity contribution in [1.29, 1.82) is 0 Å². The van der Waals surface area contributed by atoms with E-state index in [-0.39, 0.29) is 6.04 Å². The molecule has 0 saturated carbocycles. The minimum atomic E-state index is 0.268. The van der Waals surface area contributed by atoms with Crippen molar-refractivity contribution >= 4 is 35.0 Å². The van der Waals surface area contributed by atoms with Crippen molar-refractivity contribution in [2.45, 2.75) is 29.7 Å². The fourth-order valence-electron chi connectivity index (χ4n) is 1.80. The normalized spacial score (nSPS) is 12.4. The molecule has 0 radical (unpaired) electrons. The number of pyridine rings is 1. The fraction of sp³-hybridized carbons (Fsp3) is 0.267. The molecule has 2 rings (SSSR count). The van der Waals surface area contributed by atoms with E-state index in [1.807, 2.05) is 24.4 Å². The van der Waals surface area contributed by atoms with Crippen molar-refractivity contribution in [3.63, 3.8) is 0 Å². The second-order valence-electron chi connectivity index (χ2n) is 4.38. The first-order chi connectivity index (χ1) is 9.60. The molecule has 1 atom stereocenters. The molecule has 0 saturated heterocycles. The van der Waals surface area contributed by atoms with E-state index < -0.39 is 0 Å². The van der Waals surface area contributed by atoms with Crippen LogP contribution in [0.2, 0.25) is 10.0 Å². The average molecular weight is 327 g/mol. The summed E-state index contributed by atoms with van der Waals surface area (Å²) in [6.07, 6.45) is 1.89. The summed E-state index contributed by atoms with van der Waals surface area (Å²) in [4.78, 5) is 6.62. The Kier molecular flexibility index (Phi) is 5.73. The molecule has 0 spiro atoms. The van der Waals surface area contributed by atoms with Crippen LogP contribution in [0, 0.1) is 0 Å². The third-order valence-corrected chi connectivity index (χ3v) is 4.55. The molecule has 20 heavy (non-hydrogen) atoms. The summed E-state index contributed by atoms with van der Waals surface area (Å²) < 4.78 is 0. The van der Waals surface area contributed by atoms with Gasteiger partial charge in [0.05, 0.1) is 15.7 Å². The minimum Gasteiger partial charge on any atom is -0.309 e. The van der Waals surface area contributed by atoms with Gasteiger partial charge >= 0.3 is 0 Å². The lowest BCUT2D eigenvalue weighted by Gasteiger charge is -2.11. The SMILES string of the molecule is CCNC(C)c1ccc(Sc2ccc(Cl)c(Cl)c2)cn1. The topological polar surface area (TPSA) is 24.9 Å². The zero-order valence-electron chi connectivity index (χ0n) is 11.4. The van der Waals surface area contributed by atoms with E-state index in [9.17, 15) is 0 Å². The van der Waals surface area contributed by atoms with E-state index in [4.69, 9.17) is 23.2 Å². The predicted molar refractivity (Wildman–Crippen MR) is 86.9 cm³/mol. The molecule has 0 aliphatic heterocycles. The second kappa shape index (κ2) is 7.32. The highest BCUT2D eigenvalue weighted by Gasteiger charge is 2.06. The highest BCUT2D eigenvalue weighted by Crippen LogP contribution is 2.32. The van der Waals surface area contributed by atoms with Crippen LogP contribution in [0.25, 0.3) is 0 Å². The van der Waals surface area contributed by atoms with Crippen LogP contribution in [0.1, 0.15) is 25.6 Å². The lowest BCUT2D eigenvalue weighted by atomic mass is 10.2. The fourth-order valence-corrected chi connectivity index (χ4v) is 2.98. The molecule has 106 valence electrons. The quantitative estimate of drug-likeness (QED) is 0.816. The molecular formula is C15H16Cl2N2S. The van der Waals surface area contributed by atoms with Crippen LogP contribution in [-0.4, -0.2) is 11.5 Å². The number of benzene rings is 1. The Bertz CT molecular complexity index is 573. The number of nitrogens with one attached hydrogen (secondary N) is 1. The monoisotopic (exact) mass is 326 g/mol. The van der Waals surface area contributed by atoms with Gasteiger partial charge in [0.25, 0.3) is 0 Å². The van der Waals surface area contributed by atoms with Gasteiger partial charge in [0.2, 0.25) is 0 Å². The largest absolute Gasteiger partial charge is 0.309 e. The Morgan fingerprint density at radius 2 is 1.90 bits per heavy atom. The number of nitrogens with zero attached hydrogens (tertiary/aromatic N) is 1. The van der Waals surface area contributed by atoms with E-state index >= 15 is 0 Å². The average Bonchev–Trinajstić information content (AvgIpc) is 2.44. The first kappa shape index (κ1) is 15.6. The molecule has 5 heteroatoms. The van der Waals surface area contributed by atoms with Crippen LogP contribution in [-0.2, 0) is 0 Å². The Morgan fingerprint density at radius 1 is 1.15 bits per heavy atom. The van der Waals surface area contributed by atoms with Crippen LogP contribution in [0.15, 0.2) is 46.3 Å². The molecule has 2 nitrogen and oxygen atoms in total. The summed E-state index contributed by atoms with van der Waals surface area (Å²) in [6.45, 7) is 5.13. The highest BCUT2D eigenvalue weighted by molar-refractivity contribution is 7.99. The maximum atomic E-state index is 6.01. The van der Waals surface area contributed by atoms with Gasteiger partial charge < -0.3 is 5.32 Å². The molecule has 2 aromatic rings. The van der Waals surface area contributed by atoms with E-state index in [2.05, 4.69) is 30.2 Å². The molecule has 0 amide bonds. The number of rotatable bonds is 5. The summed E-state index contributed by atoms with van der Waals surface area (Å²) in [5.74, 6) is 0. The molecule has 0 aliphatic carbocycles. The molecule has 0 fully saturated rings. The van der Waals surface area contributed by atoms with E-state index in [0.29, 0.717) is 10.0 Å². The van der Waals surface area contributed by atoms with Crippen molar-refractivity contribution in [3.05, 3.63) is 52.3 Å². The summed E-state index contributed by atoms with van der Waals surface area (Å²) in [5.41, 5.74) is 1.05. The van der Waals surface area contributed by atoms with Crippen LogP contribution < -0.4 is 5.32 Å². The summed E-state index contributed by atoms with van der Waals surface area (Å²) >= 11 is 13.5. The molecule has 1 unspecified atom stereocenters. The Hall–Kier alpha value is -0.740. The lowest BCUT2D eigenvalue weighted by Crippen LogP contribution is -2.18. The third-order valence-electron chi connectivity index (χ3n) is 2.84. The van der Waals surface area contributed by atoms with Crippen LogP contribution in [0.3, 0.4) is 0 Å². The van der Waals surface area contributed by atoms with Crippen LogP contribution >= 0.6 is 35.0 Å². The van der Waals surface area contributed by atoms with Crippen LogP contribution in [0.5, 0.6) is 0 Å². The first-order valence-electron chi connectivity index (χ1n) is 6.42. The zero-order chi connectivity index (χ0) is 14.5. The lowest BCUT2D eigenvalue weighted by molar-refractivity contribution is 0.582. The van der Waals surface area contributed by atoms with Gasteiger partial charge in [0.15, 0.2) is 0 Å². The molecule has 1 aromatic heterocycles. The first-order valence-corrected chi connectivity index (χ1v) is 7.99. The maximum absolute atomic E-state index is 6.01. The standard InChI is InChI=1S/C15H16Cl2N2S/c1-3-18-10(2)15-7-5-12(9-19-15)20-11-4-6-13(16)14(17)8-11/h4-10,18H,3H2,1-2H3. The van der Waals surface area contributed by atoms with Gasteiger partial charge in [0.1, 0.15) is 0 Å². The predicted octanol–water partition coefficient (Wildman–Crippen LogP) is 5.21. The number of aromatic nitrogens is 1. The molecular weight excluding hydrogens is 311 g/mol. The third kappa shape index (κ3) is 4.13. The Morgan fingerprint density at radius 3 is 2.50 bits per heavy atom. The summed E-state index contributed by atoms with van der Waals surface area (Å²) in [6, 6.07) is 10.0. The van der Waals surface area contributed by atoms with Crippen LogP contribution in [0.4, 0.5) is 0 Å². The molecule has 1 aromatic carbocycles. The van der Waals surface area contributed by atoms with E-state index in [1.54, 1.807) is 17.8 Å². The van der Waals surface area contributed by atoms with Crippen molar-refractivity contribution in [2.75, 3.05) is 6.54 Å². The Balaban J connectivity index is 2.08. The minimum absolute atomic E-state index is 0.268. The van der Waals surface area contributed by atoms with Gasteiger partial charge in [-0.15, -0.1) is 0 Å². The number of hydrogen-bond acceptors (Lipinski definition) is 3. The second-order valence-corrected chi connectivity index (χ2v) is 6.34. The number of hydrogen-bond donors (Lipinski definition) is 1. The zero-order valence-corrected chi connectivity index (χ0v) is 13.7. The van der Waals surface area contributed by atoms with Crippen molar-refractivity contribution in [2.24, 2.45) is 0 Å². The van der Waals surface area contributed by atoms with Gasteiger partial charge in [0, 0.05) is 22.0 Å². The van der Waals surface area contributed by atoms with Gasteiger partial charge in [-0.05, 0) is 43.8 Å². The van der Waals surface area contributed by atoms with E-state index in [1.165, 1.54) is 0 Å². The van der Waals surface area contributed by atoms with Gasteiger partial charge in [-0.2, -0.15) is 0 Å². The van der Waals surface area contributed by atoms with Gasteiger partial charge in [-0.1, -0.05) is 41.9 Å². The molecule has 1 heterocycles. The molecule has 0 aliphatic rings. The molecule has 0 bridgehead atoms. The summed E-state index contributed by atoms with van der Waals surface area (Å²) in [7, 11) is 0. The van der Waals surface area contributed by atoms with Crippen molar-refractivity contribution in [3.8, 4) is 0 Å². The van der Waals surface area contributed by atoms with Gasteiger partial charge in [-0.25, -0.2) is 0 Å². The van der Waals surface area contributed by atoms with Crippen molar-refractivity contribution in [1.82, 2.24) is 10.3 Å². The molecule has 1 N–H and O–H groups in total. The van der Waals surface area contributed by atoms with E-state index in [0.717, 1.165) is 22.0 Å². The maximum Gasteiger partial charge on any atom is 0.0603 e. The summed E-state index contributed by atoms with van der Waals surface area (Å²) in [5, 5.41) is 4.49.